The minimum absolute atomic E-state index is 0.0880. The van der Waals surface area contributed by atoms with Crippen molar-refractivity contribution in [2.45, 2.75) is 258 Å². The average molecular weight is 984 g/mol. The molecule has 6 heteroatoms. The fourth-order valence-electron chi connectivity index (χ4n) is 7.67. The van der Waals surface area contributed by atoms with Gasteiger partial charge in [0.15, 0.2) is 6.10 Å². The van der Waals surface area contributed by atoms with Gasteiger partial charge >= 0.3 is 17.9 Å². The quantitative estimate of drug-likeness (QED) is 0.0261. The molecule has 0 saturated heterocycles. The third kappa shape index (κ3) is 56.6. The van der Waals surface area contributed by atoms with E-state index in [1.165, 1.54) is 64.2 Å². The highest BCUT2D eigenvalue weighted by Crippen LogP contribution is 2.14. The standard InChI is InChI=1S/C65H106O6/c1-4-7-10-13-16-18-20-22-24-25-26-27-28-29-30-31-32-33-34-35-36-37-38-39-41-42-44-46-49-52-55-58-64(67)70-61-62(60-69-63(66)57-54-51-48-15-12-9-6-3)71-65(68)59-56-53-50-47-45-43-40-23-21-19-17-14-11-8-5-2/h7-8,10-11,16-19,22-24,26-27,29-30,32-33,35-36,40,62H,4-6,9,12-15,20-21,25,28,31,34,37-39,41-61H2,1-3H3/b10-7-,11-8-,18-16-,19-17-,24-22-,27-26-,30-29-,33-32-,36-35-,40-23-. The van der Waals surface area contributed by atoms with Gasteiger partial charge in [0.05, 0.1) is 0 Å². The smallest absolute Gasteiger partial charge is 0.306 e. The molecule has 0 spiro atoms. The summed E-state index contributed by atoms with van der Waals surface area (Å²) in [4.78, 5) is 37.9. The molecule has 402 valence electrons. The lowest BCUT2D eigenvalue weighted by molar-refractivity contribution is -0.167. The summed E-state index contributed by atoms with van der Waals surface area (Å²) in [6.45, 7) is 6.34. The largest absolute Gasteiger partial charge is 0.462 e. The van der Waals surface area contributed by atoms with Gasteiger partial charge in [-0.05, 0) is 109 Å². The van der Waals surface area contributed by atoms with Gasteiger partial charge in [0, 0.05) is 19.3 Å². The zero-order valence-electron chi connectivity index (χ0n) is 45.9. The Morgan fingerprint density at radius 2 is 0.549 bits per heavy atom. The van der Waals surface area contributed by atoms with E-state index >= 15 is 0 Å². The average Bonchev–Trinajstić information content (AvgIpc) is 3.37. The number of unbranched alkanes of at least 4 members (excludes halogenated alkanes) is 20. The second-order valence-electron chi connectivity index (χ2n) is 18.8. The highest BCUT2D eigenvalue weighted by Gasteiger charge is 2.19. The second-order valence-corrected chi connectivity index (χ2v) is 18.8. The first kappa shape index (κ1) is 66.8. The minimum atomic E-state index is -0.789. The number of allylic oxidation sites excluding steroid dienone is 20. The van der Waals surface area contributed by atoms with Gasteiger partial charge in [-0.1, -0.05) is 245 Å². The Morgan fingerprint density at radius 1 is 0.296 bits per heavy atom. The summed E-state index contributed by atoms with van der Waals surface area (Å²) in [5, 5.41) is 0. The normalized spacial score (nSPS) is 13.0. The van der Waals surface area contributed by atoms with E-state index < -0.39 is 6.10 Å². The zero-order valence-corrected chi connectivity index (χ0v) is 45.9. The van der Waals surface area contributed by atoms with E-state index in [4.69, 9.17) is 14.2 Å². The Labute approximate surface area is 437 Å². The number of hydrogen-bond donors (Lipinski definition) is 0. The molecule has 6 nitrogen and oxygen atoms in total. The summed E-state index contributed by atoms with van der Waals surface area (Å²) in [5.41, 5.74) is 0. The molecule has 0 heterocycles. The Bertz CT molecular complexity index is 1500. The van der Waals surface area contributed by atoms with E-state index in [-0.39, 0.29) is 31.1 Å². The lowest BCUT2D eigenvalue weighted by atomic mass is 10.1. The van der Waals surface area contributed by atoms with Gasteiger partial charge in [-0.2, -0.15) is 0 Å². The maximum atomic E-state index is 12.8. The molecule has 0 fully saturated rings. The monoisotopic (exact) mass is 983 g/mol. The zero-order chi connectivity index (χ0) is 51.4. The van der Waals surface area contributed by atoms with Crippen LogP contribution < -0.4 is 0 Å². The van der Waals surface area contributed by atoms with E-state index in [2.05, 4.69) is 142 Å². The fourth-order valence-corrected chi connectivity index (χ4v) is 7.67. The Hall–Kier alpha value is -4.19. The van der Waals surface area contributed by atoms with Crippen LogP contribution in [0.15, 0.2) is 122 Å². The lowest BCUT2D eigenvalue weighted by Gasteiger charge is -2.18. The molecule has 0 bridgehead atoms. The van der Waals surface area contributed by atoms with Crippen molar-refractivity contribution in [3.8, 4) is 0 Å². The number of esters is 3. The summed E-state index contributed by atoms with van der Waals surface area (Å²) < 4.78 is 16.8. The van der Waals surface area contributed by atoms with Crippen molar-refractivity contribution in [2.75, 3.05) is 13.2 Å². The third-order valence-electron chi connectivity index (χ3n) is 12.0. The van der Waals surface area contributed by atoms with Crippen molar-refractivity contribution < 1.29 is 28.6 Å². The highest BCUT2D eigenvalue weighted by molar-refractivity contribution is 5.71. The fraction of sp³-hybridized carbons (Fsp3) is 0.646. The Kier molecular flexibility index (Phi) is 54.9. The number of ether oxygens (including phenoxy) is 3. The van der Waals surface area contributed by atoms with Crippen molar-refractivity contribution in [3.63, 3.8) is 0 Å². The predicted molar refractivity (Wildman–Crippen MR) is 306 cm³/mol. The van der Waals surface area contributed by atoms with Crippen LogP contribution >= 0.6 is 0 Å². The molecule has 0 aliphatic rings. The first-order chi connectivity index (χ1) is 35.0. The molecule has 0 saturated carbocycles. The molecule has 1 unspecified atom stereocenters. The topological polar surface area (TPSA) is 78.9 Å². The molecule has 0 radical (unpaired) electrons. The van der Waals surface area contributed by atoms with Crippen LogP contribution in [0.2, 0.25) is 0 Å². The SMILES string of the molecule is CC/C=C\C/C=C\C/C=C\C/C=C\C/C=C\C/C=C\C/C=C\CCCCCCCCCCCC(=O)OCC(COC(=O)CCCCCCCCC)OC(=O)CCCCCCC/C=C\C/C=C\C/C=C\CC. The number of hydrogen-bond acceptors (Lipinski definition) is 6. The molecule has 0 rings (SSSR count). The van der Waals surface area contributed by atoms with E-state index in [1.54, 1.807) is 0 Å². The molecular weight excluding hydrogens is 877 g/mol. The van der Waals surface area contributed by atoms with Gasteiger partial charge in [-0.15, -0.1) is 0 Å². The first-order valence-corrected chi connectivity index (χ1v) is 29.0. The van der Waals surface area contributed by atoms with Gasteiger partial charge in [0.2, 0.25) is 0 Å². The lowest BCUT2D eigenvalue weighted by Crippen LogP contribution is -2.30. The molecule has 0 aliphatic carbocycles. The summed E-state index contributed by atoms with van der Waals surface area (Å²) >= 11 is 0. The number of carbonyl (C=O) groups excluding carboxylic acids is 3. The van der Waals surface area contributed by atoms with Crippen molar-refractivity contribution in [2.24, 2.45) is 0 Å². The molecule has 1 atom stereocenters. The molecular formula is C65H106O6. The van der Waals surface area contributed by atoms with Gasteiger partial charge in [-0.3, -0.25) is 14.4 Å². The van der Waals surface area contributed by atoms with Crippen LogP contribution in [0.25, 0.3) is 0 Å². The molecule has 0 aromatic carbocycles. The van der Waals surface area contributed by atoms with Crippen LogP contribution in [-0.4, -0.2) is 37.2 Å². The molecule has 71 heavy (non-hydrogen) atoms. The van der Waals surface area contributed by atoms with Crippen LogP contribution in [0.1, 0.15) is 252 Å². The first-order valence-electron chi connectivity index (χ1n) is 29.0. The molecule has 0 amide bonds. The highest BCUT2D eigenvalue weighted by atomic mass is 16.6. The van der Waals surface area contributed by atoms with E-state index in [0.717, 1.165) is 148 Å². The van der Waals surface area contributed by atoms with Crippen LogP contribution in [-0.2, 0) is 28.6 Å². The van der Waals surface area contributed by atoms with Crippen molar-refractivity contribution in [1.29, 1.82) is 0 Å². The van der Waals surface area contributed by atoms with Gasteiger partial charge in [-0.25, -0.2) is 0 Å². The summed E-state index contributed by atoms with van der Waals surface area (Å²) in [6, 6.07) is 0. The molecule has 0 aliphatic heterocycles. The van der Waals surface area contributed by atoms with Crippen LogP contribution in [0, 0.1) is 0 Å². The predicted octanol–water partition coefficient (Wildman–Crippen LogP) is 19.6. The van der Waals surface area contributed by atoms with Crippen LogP contribution in [0.5, 0.6) is 0 Å². The number of carbonyl (C=O) groups is 3. The van der Waals surface area contributed by atoms with E-state index in [1.807, 2.05) is 0 Å². The van der Waals surface area contributed by atoms with Crippen molar-refractivity contribution in [1.82, 2.24) is 0 Å². The summed E-state index contributed by atoms with van der Waals surface area (Å²) in [6.07, 6.45) is 80.7. The second kappa shape index (κ2) is 58.4. The van der Waals surface area contributed by atoms with Crippen molar-refractivity contribution >= 4 is 17.9 Å². The van der Waals surface area contributed by atoms with Gasteiger partial charge < -0.3 is 14.2 Å². The Morgan fingerprint density at radius 3 is 0.859 bits per heavy atom. The van der Waals surface area contributed by atoms with Gasteiger partial charge in [0.25, 0.3) is 0 Å². The summed E-state index contributed by atoms with van der Waals surface area (Å²) in [5.74, 6) is -0.921. The maximum absolute atomic E-state index is 12.8. The van der Waals surface area contributed by atoms with E-state index in [0.29, 0.717) is 19.3 Å². The van der Waals surface area contributed by atoms with Gasteiger partial charge in [0.1, 0.15) is 13.2 Å². The summed E-state index contributed by atoms with van der Waals surface area (Å²) in [7, 11) is 0. The molecule has 0 aromatic rings. The van der Waals surface area contributed by atoms with Crippen molar-refractivity contribution in [3.05, 3.63) is 122 Å². The van der Waals surface area contributed by atoms with E-state index in [9.17, 15) is 14.4 Å². The minimum Gasteiger partial charge on any atom is -0.462 e. The molecule has 0 aromatic heterocycles. The van der Waals surface area contributed by atoms with Crippen LogP contribution in [0.3, 0.4) is 0 Å². The maximum Gasteiger partial charge on any atom is 0.306 e. The Balaban J connectivity index is 4.16. The molecule has 0 N–H and O–H groups in total. The van der Waals surface area contributed by atoms with Crippen LogP contribution in [0.4, 0.5) is 0 Å². The third-order valence-corrected chi connectivity index (χ3v) is 12.0. The number of rotatable bonds is 51.